The highest BCUT2D eigenvalue weighted by atomic mass is 16.6. The minimum Gasteiger partial charge on any atom is -0.496 e. The van der Waals surface area contributed by atoms with Gasteiger partial charge in [0.05, 0.1) is 12.8 Å². The molecule has 1 fully saturated rings. The predicted molar refractivity (Wildman–Crippen MR) is 91.5 cm³/mol. The molecule has 0 radical (unpaired) electrons. The topological polar surface area (TPSA) is 85.1 Å². The first-order valence-electron chi connectivity index (χ1n) is 7.92. The van der Waals surface area contributed by atoms with Crippen LogP contribution in [-0.4, -0.2) is 55.8 Å². The largest absolute Gasteiger partial charge is 0.496 e. The van der Waals surface area contributed by atoms with Crippen molar-refractivity contribution < 1.29 is 19.1 Å². The lowest BCUT2D eigenvalue weighted by atomic mass is 10.1. The van der Waals surface area contributed by atoms with E-state index in [2.05, 4.69) is 0 Å². The van der Waals surface area contributed by atoms with Crippen molar-refractivity contribution in [3.8, 4) is 5.75 Å². The molecule has 2 amide bonds. The van der Waals surface area contributed by atoms with E-state index in [4.69, 9.17) is 15.2 Å². The Hall–Kier alpha value is -2.44. The Balaban J connectivity index is 2.10. The minimum absolute atomic E-state index is 0.317. The number of hydrogen-bond acceptors (Lipinski definition) is 5. The van der Waals surface area contributed by atoms with E-state index < -0.39 is 11.5 Å². The molecule has 0 aliphatic carbocycles. The number of nitrogens with two attached hydrogens (primary N) is 1. The van der Waals surface area contributed by atoms with Crippen molar-refractivity contribution in [3.05, 3.63) is 23.8 Å². The molecule has 7 heteroatoms. The summed E-state index contributed by atoms with van der Waals surface area (Å²) in [6.45, 7) is 7.75. The Bertz CT molecular complexity index is 617. The number of nitrogens with zero attached hydrogens (tertiary/aromatic N) is 2. The third kappa shape index (κ3) is 4.10. The second-order valence-corrected chi connectivity index (χ2v) is 6.67. The number of carbonyl (C=O) groups is 2. The summed E-state index contributed by atoms with van der Waals surface area (Å²) in [6.07, 6.45) is -0.317. The molecule has 0 spiro atoms. The van der Waals surface area contributed by atoms with E-state index >= 15 is 0 Å². The van der Waals surface area contributed by atoms with Crippen molar-refractivity contribution in [3.63, 3.8) is 0 Å². The lowest BCUT2D eigenvalue weighted by molar-refractivity contribution is 0.0240. The molecule has 132 valence electrons. The number of benzene rings is 1. The first-order chi connectivity index (χ1) is 11.2. The molecule has 24 heavy (non-hydrogen) atoms. The first-order valence-corrected chi connectivity index (χ1v) is 7.92. The summed E-state index contributed by atoms with van der Waals surface area (Å²) >= 11 is 0. The number of anilines is 1. The van der Waals surface area contributed by atoms with E-state index in [0.717, 1.165) is 5.69 Å². The number of carbonyl (C=O) groups excluding carboxylic acids is 2. The van der Waals surface area contributed by atoms with E-state index in [-0.39, 0.29) is 6.09 Å². The number of piperazine rings is 1. The molecular weight excluding hydrogens is 310 g/mol. The van der Waals surface area contributed by atoms with Crippen molar-refractivity contribution in [2.75, 3.05) is 38.2 Å². The van der Waals surface area contributed by atoms with Crippen LogP contribution < -0.4 is 15.4 Å². The average molecular weight is 335 g/mol. The molecule has 1 aromatic rings. The van der Waals surface area contributed by atoms with Gasteiger partial charge in [-0.2, -0.15) is 0 Å². The quantitative estimate of drug-likeness (QED) is 0.911. The SMILES string of the molecule is COc1cccc(N2CCN(C(=O)OC(C)(C)C)CC2)c1C(N)=O. The van der Waals surface area contributed by atoms with Crippen molar-refractivity contribution in [1.29, 1.82) is 0 Å². The number of rotatable bonds is 3. The van der Waals surface area contributed by atoms with Gasteiger partial charge in [0, 0.05) is 26.2 Å². The molecule has 0 saturated carbocycles. The monoisotopic (exact) mass is 335 g/mol. The zero-order valence-corrected chi connectivity index (χ0v) is 14.7. The van der Waals surface area contributed by atoms with Crippen LogP contribution in [-0.2, 0) is 4.74 Å². The van der Waals surface area contributed by atoms with E-state index in [1.807, 2.05) is 37.8 Å². The fourth-order valence-corrected chi connectivity index (χ4v) is 2.66. The number of ether oxygens (including phenoxy) is 2. The Kier molecular flexibility index (Phi) is 5.21. The van der Waals surface area contributed by atoms with Gasteiger partial charge in [-0.1, -0.05) is 6.07 Å². The standard InChI is InChI=1S/C17H25N3O4/c1-17(2,3)24-16(22)20-10-8-19(9-11-20)12-6-5-7-13(23-4)14(12)15(18)21/h5-7H,8-11H2,1-4H3,(H2,18,21). The normalized spacial score (nSPS) is 15.2. The molecule has 0 bridgehead atoms. The highest BCUT2D eigenvalue weighted by molar-refractivity contribution is 6.01. The van der Waals surface area contributed by atoms with Crippen LogP contribution in [0.1, 0.15) is 31.1 Å². The Morgan fingerprint density at radius 2 is 1.75 bits per heavy atom. The fourth-order valence-electron chi connectivity index (χ4n) is 2.66. The summed E-state index contributed by atoms with van der Waals surface area (Å²) in [4.78, 5) is 27.6. The fraction of sp³-hybridized carbons (Fsp3) is 0.529. The van der Waals surface area contributed by atoms with Crippen LogP contribution in [0.5, 0.6) is 5.75 Å². The third-order valence-electron chi connectivity index (χ3n) is 3.74. The molecule has 1 aliphatic rings. The summed E-state index contributed by atoms with van der Waals surface area (Å²) in [5, 5.41) is 0. The number of hydrogen-bond donors (Lipinski definition) is 1. The van der Waals surface area contributed by atoms with Gasteiger partial charge < -0.3 is 25.0 Å². The zero-order valence-electron chi connectivity index (χ0n) is 14.7. The van der Waals surface area contributed by atoms with Crippen LogP contribution in [0.3, 0.4) is 0 Å². The number of methoxy groups -OCH3 is 1. The van der Waals surface area contributed by atoms with Crippen LogP contribution in [0.15, 0.2) is 18.2 Å². The number of amides is 2. The summed E-state index contributed by atoms with van der Waals surface area (Å²) in [6, 6.07) is 5.37. The van der Waals surface area contributed by atoms with Crippen LogP contribution >= 0.6 is 0 Å². The van der Waals surface area contributed by atoms with Crippen molar-refractivity contribution >= 4 is 17.7 Å². The Morgan fingerprint density at radius 3 is 2.25 bits per heavy atom. The highest BCUT2D eigenvalue weighted by Gasteiger charge is 2.28. The molecule has 1 aromatic carbocycles. The summed E-state index contributed by atoms with van der Waals surface area (Å²) in [5.74, 6) is -0.0772. The second kappa shape index (κ2) is 6.98. The van der Waals surface area contributed by atoms with Crippen LogP contribution in [0.4, 0.5) is 10.5 Å². The lowest BCUT2D eigenvalue weighted by Gasteiger charge is -2.37. The predicted octanol–water partition coefficient (Wildman–Crippen LogP) is 1.85. The van der Waals surface area contributed by atoms with Gasteiger partial charge in [-0.3, -0.25) is 4.79 Å². The third-order valence-corrected chi connectivity index (χ3v) is 3.74. The average Bonchev–Trinajstić information content (AvgIpc) is 2.52. The second-order valence-electron chi connectivity index (χ2n) is 6.67. The molecule has 0 unspecified atom stereocenters. The van der Waals surface area contributed by atoms with Gasteiger partial charge in [-0.25, -0.2) is 4.79 Å². The molecule has 2 rings (SSSR count). The maximum Gasteiger partial charge on any atom is 0.410 e. The minimum atomic E-state index is -0.531. The first kappa shape index (κ1) is 17.9. The lowest BCUT2D eigenvalue weighted by Crippen LogP contribution is -2.50. The van der Waals surface area contributed by atoms with Gasteiger partial charge in [-0.05, 0) is 32.9 Å². The van der Waals surface area contributed by atoms with Crippen molar-refractivity contribution in [2.45, 2.75) is 26.4 Å². The molecule has 0 atom stereocenters. The summed E-state index contributed by atoms with van der Waals surface area (Å²) < 4.78 is 10.6. The van der Waals surface area contributed by atoms with Crippen LogP contribution in [0, 0.1) is 0 Å². The van der Waals surface area contributed by atoms with Crippen molar-refractivity contribution in [1.82, 2.24) is 4.90 Å². The Morgan fingerprint density at radius 1 is 1.12 bits per heavy atom. The van der Waals surface area contributed by atoms with Crippen LogP contribution in [0.25, 0.3) is 0 Å². The van der Waals surface area contributed by atoms with Gasteiger partial charge in [-0.15, -0.1) is 0 Å². The van der Waals surface area contributed by atoms with Gasteiger partial charge in [0.2, 0.25) is 0 Å². The van der Waals surface area contributed by atoms with E-state index in [1.54, 1.807) is 11.0 Å². The van der Waals surface area contributed by atoms with Crippen molar-refractivity contribution in [2.24, 2.45) is 5.73 Å². The zero-order chi connectivity index (χ0) is 17.9. The Labute approximate surface area is 142 Å². The molecule has 1 aliphatic heterocycles. The maximum absolute atomic E-state index is 12.1. The molecule has 2 N–H and O–H groups in total. The van der Waals surface area contributed by atoms with E-state index in [9.17, 15) is 9.59 Å². The number of primary amides is 1. The smallest absolute Gasteiger partial charge is 0.410 e. The van der Waals surface area contributed by atoms with E-state index in [0.29, 0.717) is 37.5 Å². The molecule has 1 saturated heterocycles. The summed E-state index contributed by atoms with van der Waals surface area (Å²) in [5.41, 5.74) is 6.09. The highest BCUT2D eigenvalue weighted by Crippen LogP contribution is 2.29. The maximum atomic E-state index is 12.1. The molecule has 0 aromatic heterocycles. The van der Waals surface area contributed by atoms with E-state index in [1.165, 1.54) is 7.11 Å². The summed E-state index contributed by atoms with van der Waals surface area (Å²) in [7, 11) is 1.51. The van der Waals surface area contributed by atoms with Gasteiger partial charge in [0.25, 0.3) is 5.91 Å². The van der Waals surface area contributed by atoms with Gasteiger partial charge >= 0.3 is 6.09 Å². The van der Waals surface area contributed by atoms with Gasteiger partial charge in [0.15, 0.2) is 0 Å². The molecule has 7 nitrogen and oxygen atoms in total. The van der Waals surface area contributed by atoms with Gasteiger partial charge in [0.1, 0.15) is 16.9 Å². The molecule has 1 heterocycles. The van der Waals surface area contributed by atoms with Crippen LogP contribution in [0.2, 0.25) is 0 Å². The molecular formula is C17H25N3O4.